The molecule has 2 rings (SSSR count). The Bertz CT molecular complexity index is 408. The maximum absolute atomic E-state index is 2.32. The van der Waals surface area contributed by atoms with Crippen LogP contribution in [-0.4, -0.2) is 6.66 Å². The van der Waals surface area contributed by atoms with E-state index in [1.165, 1.54) is 21.7 Å². The second-order valence-electron chi connectivity index (χ2n) is 4.23. The predicted molar refractivity (Wildman–Crippen MR) is 74.5 cm³/mol. The zero-order valence-electron chi connectivity index (χ0n) is 10.1. The standard InChI is InChI=1S/C15H17P/c1-12-4-8-14(9-5-12)16(3)15-10-6-13(2)7-11-15/h4-11H,1-3H3. The molecule has 0 heterocycles. The van der Waals surface area contributed by atoms with Crippen LogP contribution in [0.4, 0.5) is 0 Å². The molecule has 2 aromatic rings. The van der Waals surface area contributed by atoms with E-state index in [0.29, 0.717) is 0 Å². The summed E-state index contributed by atoms with van der Waals surface area (Å²) in [6.45, 7) is 6.59. The zero-order chi connectivity index (χ0) is 11.5. The van der Waals surface area contributed by atoms with Crippen molar-refractivity contribution < 1.29 is 0 Å². The minimum Gasteiger partial charge on any atom is -0.0587 e. The second-order valence-corrected chi connectivity index (χ2v) is 6.38. The third-order valence-corrected chi connectivity index (χ3v) is 4.99. The van der Waals surface area contributed by atoms with Crippen LogP contribution in [-0.2, 0) is 0 Å². The molecule has 0 aliphatic rings. The predicted octanol–water partition coefficient (Wildman–Crippen LogP) is 3.37. The molecule has 0 nitrogen and oxygen atoms in total. The number of hydrogen-bond acceptors (Lipinski definition) is 0. The van der Waals surface area contributed by atoms with Crippen LogP contribution in [0.5, 0.6) is 0 Å². The molecule has 16 heavy (non-hydrogen) atoms. The highest BCUT2D eigenvalue weighted by molar-refractivity contribution is 7.72. The Balaban J connectivity index is 2.28. The molecule has 0 aliphatic carbocycles. The largest absolute Gasteiger partial charge is 0.0587 e. The molecule has 0 unspecified atom stereocenters. The third-order valence-electron chi connectivity index (χ3n) is 2.84. The molecule has 2 aromatic carbocycles. The van der Waals surface area contributed by atoms with Crippen molar-refractivity contribution in [3.8, 4) is 0 Å². The minimum absolute atomic E-state index is 0.196. The summed E-state index contributed by atoms with van der Waals surface area (Å²) < 4.78 is 0. The summed E-state index contributed by atoms with van der Waals surface area (Å²) in [6.07, 6.45) is 0. The maximum atomic E-state index is 2.32. The number of rotatable bonds is 2. The number of aryl methyl sites for hydroxylation is 2. The molecule has 1 heteroatoms. The molecule has 0 atom stereocenters. The summed E-state index contributed by atoms with van der Waals surface area (Å²) >= 11 is 0. The molecule has 0 amide bonds. The second kappa shape index (κ2) is 4.80. The summed E-state index contributed by atoms with van der Waals surface area (Å²) in [5, 5.41) is 2.90. The summed E-state index contributed by atoms with van der Waals surface area (Å²) in [5.74, 6) is 0. The normalized spacial score (nSPS) is 10.8. The molecule has 0 saturated carbocycles. The van der Waals surface area contributed by atoms with Crippen LogP contribution in [0, 0.1) is 13.8 Å². The Labute approximate surface area is 99.1 Å². The van der Waals surface area contributed by atoms with Gasteiger partial charge in [0.25, 0.3) is 0 Å². The lowest BCUT2D eigenvalue weighted by Crippen LogP contribution is -2.10. The molecule has 0 radical (unpaired) electrons. The van der Waals surface area contributed by atoms with Crippen molar-refractivity contribution in [1.29, 1.82) is 0 Å². The van der Waals surface area contributed by atoms with Gasteiger partial charge in [-0.05, 0) is 39.0 Å². The molecule has 0 bridgehead atoms. The molecule has 0 fully saturated rings. The Hall–Kier alpha value is -1.13. The van der Waals surface area contributed by atoms with Crippen LogP contribution < -0.4 is 10.6 Å². The van der Waals surface area contributed by atoms with E-state index in [0.717, 1.165) is 0 Å². The molecule has 0 aromatic heterocycles. The van der Waals surface area contributed by atoms with Crippen molar-refractivity contribution in [2.24, 2.45) is 0 Å². The van der Waals surface area contributed by atoms with Gasteiger partial charge in [-0.15, -0.1) is 0 Å². The Morgan fingerprint density at radius 3 is 1.25 bits per heavy atom. The van der Waals surface area contributed by atoms with E-state index >= 15 is 0 Å². The smallest absolute Gasteiger partial charge is 0.0198 e. The van der Waals surface area contributed by atoms with Gasteiger partial charge in [0.2, 0.25) is 0 Å². The van der Waals surface area contributed by atoms with Gasteiger partial charge in [0.05, 0.1) is 0 Å². The molecule has 0 aliphatic heterocycles. The van der Waals surface area contributed by atoms with Crippen LogP contribution in [0.15, 0.2) is 48.5 Å². The third kappa shape index (κ3) is 2.51. The van der Waals surface area contributed by atoms with E-state index in [2.05, 4.69) is 69.0 Å². The lowest BCUT2D eigenvalue weighted by Gasteiger charge is -2.13. The van der Waals surface area contributed by atoms with Crippen molar-refractivity contribution in [2.75, 3.05) is 6.66 Å². The summed E-state index contributed by atoms with van der Waals surface area (Å²) in [5.41, 5.74) is 2.66. The van der Waals surface area contributed by atoms with Crippen LogP contribution in [0.1, 0.15) is 11.1 Å². The highest BCUT2D eigenvalue weighted by Gasteiger charge is 2.06. The Morgan fingerprint density at radius 1 is 0.625 bits per heavy atom. The molecule has 82 valence electrons. The van der Waals surface area contributed by atoms with Crippen molar-refractivity contribution in [2.45, 2.75) is 13.8 Å². The average molecular weight is 228 g/mol. The van der Waals surface area contributed by atoms with E-state index in [-0.39, 0.29) is 7.92 Å². The SMILES string of the molecule is Cc1ccc(P(C)c2ccc(C)cc2)cc1. The van der Waals surface area contributed by atoms with Crippen LogP contribution in [0.2, 0.25) is 0 Å². The van der Waals surface area contributed by atoms with Crippen molar-refractivity contribution in [3.05, 3.63) is 59.7 Å². The molecule has 0 spiro atoms. The van der Waals surface area contributed by atoms with Gasteiger partial charge in [-0.25, -0.2) is 0 Å². The lowest BCUT2D eigenvalue weighted by atomic mass is 10.2. The minimum atomic E-state index is -0.196. The van der Waals surface area contributed by atoms with Crippen LogP contribution in [0.3, 0.4) is 0 Å². The highest BCUT2D eigenvalue weighted by atomic mass is 31.1. The van der Waals surface area contributed by atoms with Crippen LogP contribution in [0.25, 0.3) is 0 Å². The average Bonchev–Trinajstić information content (AvgIpc) is 2.30. The van der Waals surface area contributed by atoms with Gasteiger partial charge < -0.3 is 0 Å². The fourth-order valence-corrected chi connectivity index (χ4v) is 3.18. The van der Waals surface area contributed by atoms with Crippen molar-refractivity contribution >= 4 is 18.5 Å². The summed E-state index contributed by atoms with van der Waals surface area (Å²) in [4.78, 5) is 0. The van der Waals surface area contributed by atoms with Crippen molar-refractivity contribution in [1.82, 2.24) is 0 Å². The summed E-state index contributed by atoms with van der Waals surface area (Å²) in [6, 6.07) is 17.8. The zero-order valence-corrected chi connectivity index (χ0v) is 11.0. The van der Waals surface area contributed by atoms with Gasteiger partial charge in [-0.1, -0.05) is 59.7 Å². The fraction of sp³-hybridized carbons (Fsp3) is 0.200. The first kappa shape index (κ1) is 11.4. The number of benzene rings is 2. The van der Waals surface area contributed by atoms with Crippen molar-refractivity contribution in [3.63, 3.8) is 0 Å². The highest BCUT2D eigenvalue weighted by Crippen LogP contribution is 2.28. The Kier molecular flexibility index (Phi) is 3.41. The molecular formula is C15H17P. The quantitative estimate of drug-likeness (QED) is 0.691. The van der Waals surface area contributed by atoms with Gasteiger partial charge in [-0.2, -0.15) is 0 Å². The van der Waals surface area contributed by atoms with Gasteiger partial charge in [-0.3, -0.25) is 0 Å². The summed E-state index contributed by atoms with van der Waals surface area (Å²) in [7, 11) is -0.196. The van der Waals surface area contributed by atoms with E-state index in [4.69, 9.17) is 0 Å². The lowest BCUT2D eigenvalue weighted by molar-refractivity contribution is 1.49. The topological polar surface area (TPSA) is 0 Å². The van der Waals surface area contributed by atoms with Gasteiger partial charge in [0.1, 0.15) is 0 Å². The molecule has 0 saturated heterocycles. The first-order valence-electron chi connectivity index (χ1n) is 5.54. The van der Waals surface area contributed by atoms with E-state index in [1.54, 1.807) is 0 Å². The maximum Gasteiger partial charge on any atom is -0.0198 e. The first-order valence-corrected chi connectivity index (χ1v) is 7.33. The molecular weight excluding hydrogens is 211 g/mol. The van der Waals surface area contributed by atoms with E-state index in [1.807, 2.05) is 0 Å². The molecule has 0 N–H and O–H groups in total. The van der Waals surface area contributed by atoms with Gasteiger partial charge in [0, 0.05) is 0 Å². The van der Waals surface area contributed by atoms with E-state index < -0.39 is 0 Å². The van der Waals surface area contributed by atoms with Crippen LogP contribution >= 0.6 is 7.92 Å². The fourth-order valence-electron chi connectivity index (χ4n) is 1.69. The van der Waals surface area contributed by atoms with E-state index in [9.17, 15) is 0 Å². The van der Waals surface area contributed by atoms with Gasteiger partial charge in [0.15, 0.2) is 0 Å². The monoisotopic (exact) mass is 228 g/mol. The number of hydrogen-bond donors (Lipinski definition) is 0. The first-order chi connectivity index (χ1) is 7.66. The van der Waals surface area contributed by atoms with Gasteiger partial charge >= 0.3 is 0 Å². The Morgan fingerprint density at radius 2 is 0.938 bits per heavy atom.